The number of carbonyl (C=O) groups excluding carboxylic acids is 1. The minimum Gasteiger partial charge on any atom is -0.481 e. The summed E-state index contributed by atoms with van der Waals surface area (Å²) in [6, 6.07) is 0. The number of carbonyl (C=O) groups is 2. The van der Waals surface area contributed by atoms with Crippen LogP contribution >= 0.6 is 0 Å². The molecule has 9 heteroatoms. The highest BCUT2D eigenvalue weighted by molar-refractivity contribution is 5.81. The molecule has 9 nitrogen and oxygen atoms in total. The molecule has 1 rings (SSSR count). The van der Waals surface area contributed by atoms with Crippen molar-refractivity contribution < 1.29 is 39.5 Å². The van der Waals surface area contributed by atoms with E-state index in [0.717, 1.165) is 19.3 Å². The summed E-state index contributed by atoms with van der Waals surface area (Å²) >= 11 is 0. The number of carboxylic acids is 1. The largest absolute Gasteiger partial charge is 0.481 e. The van der Waals surface area contributed by atoms with Crippen molar-refractivity contribution in [1.82, 2.24) is 5.32 Å². The average molecular weight is 546 g/mol. The molecule has 0 aliphatic carbocycles. The number of aliphatic hydroxyl groups excluding tert-OH is 3. The van der Waals surface area contributed by atoms with Crippen LogP contribution in [0.5, 0.6) is 0 Å². The maximum Gasteiger partial charge on any atom is 0.306 e. The van der Waals surface area contributed by atoms with E-state index in [1.165, 1.54) is 44.9 Å². The van der Waals surface area contributed by atoms with E-state index in [9.17, 15) is 30.0 Å². The third-order valence-electron chi connectivity index (χ3n) is 7.09. The van der Waals surface area contributed by atoms with Gasteiger partial charge < -0.3 is 35.2 Å². The second-order valence-electron chi connectivity index (χ2n) is 12.0. The van der Waals surface area contributed by atoms with Crippen molar-refractivity contribution in [3.63, 3.8) is 0 Å². The summed E-state index contributed by atoms with van der Waals surface area (Å²) in [6.45, 7) is 8.87. The molecule has 0 aromatic heterocycles. The molecule has 1 fully saturated rings. The Bertz CT molecular complexity index is 653. The lowest BCUT2D eigenvalue weighted by Crippen LogP contribution is -2.62. The number of ether oxygens (including phenoxy) is 2. The van der Waals surface area contributed by atoms with Gasteiger partial charge in [0.25, 0.3) is 5.91 Å². The molecule has 0 spiro atoms. The lowest BCUT2D eigenvalue weighted by atomic mass is 9.82. The van der Waals surface area contributed by atoms with Crippen LogP contribution in [0.1, 0.15) is 118 Å². The first-order valence-corrected chi connectivity index (χ1v) is 14.8. The van der Waals surface area contributed by atoms with Crippen LogP contribution in [0.15, 0.2) is 0 Å². The van der Waals surface area contributed by atoms with Gasteiger partial charge in [0.15, 0.2) is 12.4 Å². The van der Waals surface area contributed by atoms with Crippen LogP contribution in [-0.4, -0.2) is 76.2 Å². The van der Waals surface area contributed by atoms with Crippen molar-refractivity contribution in [2.45, 2.75) is 148 Å². The topological polar surface area (TPSA) is 146 Å². The van der Waals surface area contributed by atoms with Gasteiger partial charge in [-0.3, -0.25) is 9.59 Å². The molecule has 1 aliphatic rings. The summed E-state index contributed by atoms with van der Waals surface area (Å²) in [5, 5.41) is 42.9. The number of carboxylic acid groups (broad SMARTS) is 1. The van der Waals surface area contributed by atoms with Gasteiger partial charge in [0, 0.05) is 13.2 Å². The predicted octanol–water partition coefficient (Wildman–Crippen LogP) is 4.16. The first-order valence-electron chi connectivity index (χ1n) is 14.8. The third kappa shape index (κ3) is 14.2. The van der Waals surface area contributed by atoms with Crippen LogP contribution < -0.4 is 5.32 Å². The van der Waals surface area contributed by atoms with E-state index in [2.05, 4.69) is 12.2 Å². The van der Waals surface area contributed by atoms with Crippen LogP contribution in [0.4, 0.5) is 0 Å². The second-order valence-corrected chi connectivity index (χ2v) is 12.0. The number of amides is 1. The Morgan fingerprint density at radius 1 is 0.842 bits per heavy atom. The first kappa shape index (κ1) is 34.8. The van der Waals surface area contributed by atoms with Crippen molar-refractivity contribution in [1.29, 1.82) is 0 Å². The van der Waals surface area contributed by atoms with E-state index in [1.54, 1.807) is 0 Å². The van der Waals surface area contributed by atoms with Gasteiger partial charge in [0.1, 0.15) is 18.3 Å². The quantitative estimate of drug-likeness (QED) is 0.143. The maximum absolute atomic E-state index is 12.6. The molecule has 1 amide bonds. The Hall–Kier alpha value is -1.26. The lowest BCUT2D eigenvalue weighted by molar-refractivity contribution is -0.290. The first-order chi connectivity index (χ1) is 18.0. The number of nitrogens with one attached hydrogen (secondary N) is 1. The number of unbranched alkanes of at least 4 members (excludes halogenated alkanes) is 10. The highest BCUT2D eigenvalue weighted by atomic mass is 16.7. The molecule has 0 radical (unpaired) electrons. The van der Waals surface area contributed by atoms with E-state index >= 15 is 0 Å². The third-order valence-corrected chi connectivity index (χ3v) is 7.09. The average Bonchev–Trinajstić information content (AvgIpc) is 2.85. The van der Waals surface area contributed by atoms with Gasteiger partial charge in [-0.05, 0) is 31.1 Å². The molecule has 1 aliphatic heterocycles. The van der Waals surface area contributed by atoms with Gasteiger partial charge in [0.2, 0.25) is 0 Å². The second kappa shape index (κ2) is 18.9. The molecule has 6 atom stereocenters. The van der Waals surface area contributed by atoms with Crippen molar-refractivity contribution in [2.24, 2.45) is 11.3 Å². The van der Waals surface area contributed by atoms with E-state index < -0.39 is 48.5 Å². The standard InChI is InChI=1S/C29H55NO8/c1-5-6-7-8-9-10-11-12-13-16-19-37-28-24(33)22(31)23(32)25(38-28)26(34)30-18-15-14-17-21(27(35)36)20-29(2,3)4/h21-25,28,31-33H,5-20H2,1-4H3,(H,30,34)(H,35,36)/t21?,22-,23-,24+,25-,28+/m0/s1. The summed E-state index contributed by atoms with van der Waals surface area (Å²) in [7, 11) is 0. The van der Waals surface area contributed by atoms with Crippen molar-refractivity contribution >= 4 is 11.9 Å². The fraction of sp³-hybridized carbons (Fsp3) is 0.931. The molecule has 0 saturated carbocycles. The molecule has 0 aromatic carbocycles. The Kier molecular flexibility index (Phi) is 17.3. The Balaban J connectivity index is 2.32. The van der Waals surface area contributed by atoms with Gasteiger partial charge in [-0.1, -0.05) is 91.9 Å². The number of hydrogen-bond donors (Lipinski definition) is 5. The van der Waals surface area contributed by atoms with E-state index in [0.29, 0.717) is 32.3 Å². The fourth-order valence-electron chi connectivity index (χ4n) is 4.87. The van der Waals surface area contributed by atoms with E-state index in [1.807, 2.05) is 20.8 Å². The van der Waals surface area contributed by atoms with Crippen LogP contribution in [0.2, 0.25) is 0 Å². The maximum atomic E-state index is 12.6. The molecular formula is C29H55NO8. The van der Waals surface area contributed by atoms with Crippen molar-refractivity contribution in [3.05, 3.63) is 0 Å². The molecule has 1 heterocycles. The number of aliphatic carboxylic acids is 1. The van der Waals surface area contributed by atoms with Crippen LogP contribution in [-0.2, 0) is 19.1 Å². The monoisotopic (exact) mass is 545 g/mol. The highest BCUT2D eigenvalue weighted by Gasteiger charge is 2.47. The zero-order chi connectivity index (χ0) is 28.6. The molecular weight excluding hydrogens is 490 g/mol. The summed E-state index contributed by atoms with van der Waals surface area (Å²) in [4.78, 5) is 24.1. The Morgan fingerprint density at radius 3 is 1.97 bits per heavy atom. The van der Waals surface area contributed by atoms with Gasteiger partial charge >= 0.3 is 5.97 Å². The van der Waals surface area contributed by atoms with Crippen LogP contribution in [0.3, 0.4) is 0 Å². The SMILES string of the molecule is CCCCCCCCCCCCO[C@@H]1O[C@H](C(=O)NCCCCC(CC(C)(C)C)C(=O)O)[C@@H](O)[C@H](O)[C@H]1O. The number of hydrogen-bond acceptors (Lipinski definition) is 7. The Morgan fingerprint density at radius 2 is 1.42 bits per heavy atom. The zero-order valence-corrected chi connectivity index (χ0v) is 24.2. The summed E-state index contributed by atoms with van der Waals surface area (Å²) in [5.74, 6) is -1.83. The van der Waals surface area contributed by atoms with Gasteiger partial charge in [0.05, 0.1) is 5.92 Å². The van der Waals surface area contributed by atoms with Gasteiger partial charge in [-0.2, -0.15) is 0 Å². The van der Waals surface area contributed by atoms with Crippen molar-refractivity contribution in [3.8, 4) is 0 Å². The summed E-state index contributed by atoms with van der Waals surface area (Å²) < 4.78 is 11.2. The smallest absolute Gasteiger partial charge is 0.306 e. The van der Waals surface area contributed by atoms with Gasteiger partial charge in [-0.15, -0.1) is 0 Å². The minimum atomic E-state index is -1.58. The fourth-order valence-corrected chi connectivity index (χ4v) is 4.87. The summed E-state index contributed by atoms with van der Waals surface area (Å²) in [5.41, 5.74) is -0.0801. The zero-order valence-electron chi connectivity index (χ0n) is 24.2. The molecule has 1 unspecified atom stereocenters. The predicted molar refractivity (Wildman–Crippen MR) is 147 cm³/mol. The summed E-state index contributed by atoms with van der Waals surface area (Å²) in [6.07, 6.45) is 6.95. The molecule has 224 valence electrons. The molecule has 1 saturated heterocycles. The van der Waals surface area contributed by atoms with Crippen molar-refractivity contribution in [2.75, 3.05) is 13.2 Å². The molecule has 5 N–H and O–H groups in total. The highest BCUT2D eigenvalue weighted by Crippen LogP contribution is 2.28. The molecule has 38 heavy (non-hydrogen) atoms. The molecule has 0 bridgehead atoms. The molecule has 0 aromatic rings. The lowest BCUT2D eigenvalue weighted by Gasteiger charge is -2.39. The minimum absolute atomic E-state index is 0.0801. The van der Waals surface area contributed by atoms with Crippen LogP contribution in [0, 0.1) is 11.3 Å². The Labute approximate surface area is 229 Å². The van der Waals surface area contributed by atoms with E-state index in [4.69, 9.17) is 9.47 Å². The van der Waals surface area contributed by atoms with E-state index in [-0.39, 0.29) is 12.0 Å². The van der Waals surface area contributed by atoms with Gasteiger partial charge in [-0.25, -0.2) is 0 Å². The number of aliphatic hydroxyl groups is 3. The number of rotatable bonds is 20. The normalized spacial score (nSPS) is 24.8. The van der Waals surface area contributed by atoms with Crippen LogP contribution in [0.25, 0.3) is 0 Å².